The van der Waals surface area contributed by atoms with Crippen LogP contribution < -0.4 is 14.5 Å². The number of piperidine rings is 1. The Labute approximate surface area is 215 Å². The lowest BCUT2D eigenvalue weighted by atomic mass is 10.1. The lowest BCUT2D eigenvalue weighted by Crippen LogP contribution is -2.30. The van der Waals surface area contributed by atoms with Gasteiger partial charge in [0.25, 0.3) is 5.91 Å². The number of anilines is 2. The monoisotopic (exact) mass is 505 g/mol. The zero-order chi connectivity index (χ0) is 25.7. The lowest BCUT2D eigenvalue weighted by molar-refractivity contribution is 0.0951. The van der Waals surface area contributed by atoms with Gasteiger partial charge in [0.1, 0.15) is 0 Å². The lowest BCUT2D eigenvalue weighted by Gasteiger charge is -2.28. The standard InChI is InChI=1S/C29H35N3O3S/c1-22-7-8-23(2)28(19-22)32(36(3,34)35)21-25-9-13-26(14-10-25)29(33)30-20-24-11-15-27(16-12-24)31-17-5-4-6-18-31/h7-16,19H,4-6,17-18,20-21H2,1-3H3,(H,30,33). The van der Waals surface area contributed by atoms with Crippen LogP contribution in [-0.4, -0.2) is 33.7 Å². The molecule has 3 aromatic carbocycles. The van der Waals surface area contributed by atoms with Gasteiger partial charge < -0.3 is 10.2 Å². The van der Waals surface area contributed by atoms with Gasteiger partial charge in [-0.25, -0.2) is 8.42 Å². The van der Waals surface area contributed by atoms with Gasteiger partial charge in [-0.1, -0.05) is 36.4 Å². The molecular formula is C29H35N3O3S. The maximum absolute atomic E-state index is 12.7. The quantitative estimate of drug-likeness (QED) is 0.457. The molecule has 190 valence electrons. The third kappa shape index (κ3) is 6.46. The molecule has 0 unspecified atom stereocenters. The first-order valence-corrected chi connectivity index (χ1v) is 14.3. The highest BCUT2D eigenvalue weighted by Gasteiger charge is 2.20. The minimum absolute atomic E-state index is 0.156. The van der Waals surface area contributed by atoms with Crippen molar-refractivity contribution < 1.29 is 13.2 Å². The second-order valence-corrected chi connectivity index (χ2v) is 11.6. The van der Waals surface area contributed by atoms with E-state index in [1.54, 1.807) is 12.1 Å². The normalized spacial score (nSPS) is 13.9. The van der Waals surface area contributed by atoms with E-state index in [-0.39, 0.29) is 12.5 Å². The number of carbonyl (C=O) groups is 1. The molecule has 0 saturated carbocycles. The summed E-state index contributed by atoms with van der Waals surface area (Å²) < 4.78 is 26.5. The summed E-state index contributed by atoms with van der Waals surface area (Å²) in [6.45, 7) is 6.72. The third-order valence-corrected chi connectivity index (χ3v) is 7.81. The number of hydrogen-bond acceptors (Lipinski definition) is 4. The summed E-state index contributed by atoms with van der Waals surface area (Å²) in [5.41, 5.74) is 6.21. The zero-order valence-corrected chi connectivity index (χ0v) is 22.1. The van der Waals surface area contributed by atoms with E-state index in [2.05, 4.69) is 34.5 Å². The number of sulfonamides is 1. The molecule has 1 aliphatic rings. The number of nitrogens with zero attached hydrogens (tertiary/aromatic N) is 2. The number of nitrogens with one attached hydrogen (secondary N) is 1. The Kier molecular flexibility index (Phi) is 7.99. The van der Waals surface area contributed by atoms with Crippen molar-refractivity contribution in [3.8, 4) is 0 Å². The molecule has 0 atom stereocenters. The average Bonchev–Trinajstić information content (AvgIpc) is 2.88. The van der Waals surface area contributed by atoms with Crippen molar-refractivity contribution in [2.24, 2.45) is 0 Å². The minimum atomic E-state index is -3.48. The molecule has 0 aliphatic carbocycles. The fourth-order valence-electron chi connectivity index (χ4n) is 4.56. The molecule has 1 saturated heterocycles. The Morgan fingerprint density at radius 3 is 2.17 bits per heavy atom. The van der Waals surface area contributed by atoms with Gasteiger partial charge in [-0.05, 0) is 85.7 Å². The van der Waals surface area contributed by atoms with E-state index < -0.39 is 10.0 Å². The predicted molar refractivity (Wildman–Crippen MR) is 147 cm³/mol. The van der Waals surface area contributed by atoms with Crippen molar-refractivity contribution in [1.29, 1.82) is 0 Å². The van der Waals surface area contributed by atoms with Gasteiger partial charge >= 0.3 is 0 Å². The van der Waals surface area contributed by atoms with E-state index >= 15 is 0 Å². The molecule has 7 heteroatoms. The van der Waals surface area contributed by atoms with Crippen LogP contribution in [0.3, 0.4) is 0 Å². The van der Waals surface area contributed by atoms with Crippen LogP contribution in [0, 0.1) is 13.8 Å². The Hall–Kier alpha value is -3.32. The van der Waals surface area contributed by atoms with E-state index in [0.717, 1.165) is 35.3 Å². The maximum atomic E-state index is 12.7. The number of benzene rings is 3. The first-order valence-electron chi connectivity index (χ1n) is 12.5. The summed E-state index contributed by atoms with van der Waals surface area (Å²) in [6, 6.07) is 21.3. The van der Waals surface area contributed by atoms with Crippen molar-refractivity contribution in [2.45, 2.75) is 46.2 Å². The highest BCUT2D eigenvalue weighted by molar-refractivity contribution is 7.92. The molecule has 0 radical (unpaired) electrons. The van der Waals surface area contributed by atoms with Crippen LogP contribution in [0.2, 0.25) is 0 Å². The molecule has 0 bridgehead atoms. The Morgan fingerprint density at radius 1 is 0.889 bits per heavy atom. The summed E-state index contributed by atoms with van der Waals surface area (Å²) in [5.74, 6) is -0.156. The molecule has 4 rings (SSSR count). The van der Waals surface area contributed by atoms with E-state index in [9.17, 15) is 13.2 Å². The number of rotatable bonds is 8. The Balaban J connectivity index is 1.38. The Bertz CT molecular complexity index is 1300. The minimum Gasteiger partial charge on any atom is -0.372 e. The largest absolute Gasteiger partial charge is 0.372 e. The van der Waals surface area contributed by atoms with Crippen molar-refractivity contribution in [2.75, 3.05) is 28.6 Å². The predicted octanol–water partition coefficient (Wildman–Crippen LogP) is 5.19. The summed E-state index contributed by atoms with van der Waals surface area (Å²) in [6.07, 6.45) is 5.02. The van der Waals surface area contributed by atoms with Gasteiger partial charge in [0.05, 0.1) is 18.5 Å². The zero-order valence-electron chi connectivity index (χ0n) is 21.3. The van der Waals surface area contributed by atoms with E-state index in [1.807, 2.05) is 44.2 Å². The maximum Gasteiger partial charge on any atom is 0.251 e. The smallest absolute Gasteiger partial charge is 0.251 e. The summed E-state index contributed by atoms with van der Waals surface area (Å²) >= 11 is 0. The topological polar surface area (TPSA) is 69.7 Å². The van der Waals surface area contributed by atoms with Gasteiger partial charge in [0.15, 0.2) is 0 Å². The number of carbonyl (C=O) groups excluding carboxylic acids is 1. The Morgan fingerprint density at radius 2 is 1.53 bits per heavy atom. The number of amides is 1. The van der Waals surface area contributed by atoms with E-state index in [0.29, 0.717) is 17.8 Å². The highest BCUT2D eigenvalue weighted by Crippen LogP contribution is 2.26. The van der Waals surface area contributed by atoms with Crippen LogP contribution in [0.1, 0.15) is 51.9 Å². The van der Waals surface area contributed by atoms with Crippen molar-refractivity contribution in [1.82, 2.24) is 5.32 Å². The van der Waals surface area contributed by atoms with E-state index in [1.165, 1.54) is 35.5 Å². The molecule has 1 amide bonds. The molecule has 1 fully saturated rings. The van der Waals surface area contributed by atoms with Crippen LogP contribution in [0.15, 0.2) is 66.7 Å². The molecule has 36 heavy (non-hydrogen) atoms. The summed E-state index contributed by atoms with van der Waals surface area (Å²) in [7, 11) is -3.48. The van der Waals surface area contributed by atoms with Gasteiger partial charge in [0, 0.05) is 30.9 Å². The van der Waals surface area contributed by atoms with Crippen LogP contribution >= 0.6 is 0 Å². The second-order valence-electron chi connectivity index (χ2n) is 9.65. The van der Waals surface area contributed by atoms with Crippen LogP contribution in [0.4, 0.5) is 11.4 Å². The number of aryl methyl sites for hydroxylation is 2. The highest BCUT2D eigenvalue weighted by atomic mass is 32.2. The molecular weight excluding hydrogens is 470 g/mol. The average molecular weight is 506 g/mol. The van der Waals surface area contributed by atoms with E-state index in [4.69, 9.17) is 0 Å². The first-order chi connectivity index (χ1) is 17.2. The van der Waals surface area contributed by atoms with Gasteiger partial charge in [-0.15, -0.1) is 0 Å². The summed E-state index contributed by atoms with van der Waals surface area (Å²) in [4.78, 5) is 15.1. The molecule has 3 aromatic rings. The van der Waals surface area contributed by atoms with Gasteiger partial charge in [-0.2, -0.15) is 0 Å². The summed E-state index contributed by atoms with van der Waals surface area (Å²) in [5, 5.41) is 2.98. The van der Waals surface area contributed by atoms with Crippen LogP contribution in [0.5, 0.6) is 0 Å². The fourth-order valence-corrected chi connectivity index (χ4v) is 5.50. The molecule has 1 N–H and O–H groups in total. The van der Waals surface area contributed by atoms with Crippen LogP contribution in [0.25, 0.3) is 0 Å². The molecule has 1 aliphatic heterocycles. The van der Waals surface area contributed by atoms with Crippen LogP contribution in [-0.2, 0) is 23.1 Å². The molecule has 1 heterocycles. The third-order valence-electron chi connectivity index (χ3n) is 6.69. The first kappa shape index (κ1) is 25.8. The number of hydrogen-bond donors (Lipinski definition) is 1. The fraction of sp³-hybridized carbons (Fsp3) is 0.345. The second kappa shape index (κ2) is 11.2. The van der Waals surface area contributed by atoms with Gasteiger partial charge in [-0.3, -0.25) is 9.10 Å². The SMILES string of the molecule is Cc1ccc(C)c(N(Cc2ccc(C(=O)NCc3ccc(N4CCCCC4)cc3)cc2)S(C)(=O)=O)c1. The van der Waals surface area contributed by atoms with Crippen molar-refractivity contribution in [3.63, 3.8) is 0 Å². The van der Waals surface area contributed by atoms with Gasteiger partial charge in [0.2, 0.25) is 10.0 Å². The molecule has 0 spiro atoms. The van der Waals surface area contributed by atoms with Crippen molar-refractivity contribution >= 4 is 27.3 Å². The van der Waals surface area contributed by atoms with Crippen molar-refractivity contribution in [3.05, 3.63) is 94.5 Å². The molecule has 6 nitrogen and oxygen atoms in total. The molecule has 0 aromatic heterocycles.